The second kappa shape index (κ2) is 4.20. The van der Waals surface area contributed by atoms with Crippen molar-refractivity contribution in [2.24, 2.45) is 0 Å². The number of fused-ring (bicyclic) bond motifs is 1. The third-order valence-corrected chi connectivity index (χ3v) is 2.87. The van der Waals surface area contributed by atoms with Gasteiger partial charge in [0, 0.05) is 6.20 Å². The Morgan fingerprint density at radius 2 is 2.24 bits per heavy atom. The molecule has 4 nitrogen and oxygen atoms in total. The van der Waals surface area contributed by atoms with Crippen molar-refractivity contribution in [2.75, 3.05) is 0 Å². The molecule has 0 radical (unpaired) electrons. The van der Waals surface area contributed by atoms with Crippen molar-refractivity contribution >= 4 is 11.9 Å². The molecule has 4 heteroatoms. The number of imidazole rings is 1. The summed E-state index contributed by atoms with van der Waals surface area (Å²) in [6.07, 6.45) is 3.43. The Bertz CT molecular complexity index is 543. The van der Waals surface area contributed by atoms with E-state index in [1.807, 2.05) is 39.0 Å². The van der Waals surface area contributed by atoms with Gasteiger partial charge >= 0.3 is 0 Å². The van der Waals surface area contributed by atoms with Crippen molar-refractivity contribution in [1.29, 1.82) is 0 Å². The fourth-order valence-electron chi connectivity index (χ4n) is 1.51. The van der Waals surface area contributed by atoms with Crippen LogP contribution in [0, 0.1) is 0 Å². The zero-order chi connectivity index (χ0) is 12.5. The maximum atomic E-state index is 11.1. The number of carbonyl (C=O) groups is 1. The number of hydrogen-bond donors (Lipinski definition) is 0. The normalized spacial score (nSPS) is 11.7. The fraction of sp³-hybridized carbons (Fsp3) is 0.385. The Hall–Kier alpha value is -1.84. The molecule has 0 aliphatic carbocycles. The summed E-state index contributed by atoms with van der Waals surface area (Å²) in [6.45, 7) is 5.99. The molecule has 0 bridgehead atoms. The topological polar surface area (TPSA) is 43.6 Å². The molecule has 2 aromatic heterocycles. The van der Waals surface area contributed by atoms with Crippen LogP contribution in [0.25, 0.3) is 5.65 Å². The molecule has 2 heterocycles. The first kappa shape index (κ1) is 11.6. The molecule has 0 aliphatic rings. The van der Waals surface area contributed by atoms with Gasteiger partial charge in [-0.1, -0.05) is 13.0 Å². The standard InChI is InChI=1S/C13H16N2O2/c1-4-13(2,3)17-12-10(9-16)15-8-6-5-7-11(15)14-12/h5-9H,4H2,1-3H3. The van der Waals surface area contributed by atoms with E-state index in [1.54, 1.807) is 10.6 Å². The van der Waals surface area contributed by atoms with Gasteiger partial charge in [-0.15, -0.1) is 0 Å². The third-order valence-electron chi connectivity index (χ3n) is 2.87. The van der Waals surface area contributed by atoms with Gasteiger partial charge in [-0.25, -0.2) is 0 Å². The summed E-state index contributed by atoms with van der Waals surface area (Å²) in [5.41, 5.74) is 0.856. The molecule has 0 aliphatic heterocycles. The van der Waals surface area contributed by atoms with E-state index in [0.29, 0.717) is 11.6 Å². The van der Waals surface area contributed by atoms with Gasteiger partial charge in [0.25, 0.3) is 0 Å². The predicted molar refractivity (Wildman–Crippen MR) is 65.6 cm³/mol. The number of ether oxygens (including phenoxy) is 1. The van der Waals surface area contributed by atoms with Crippen LogP contribution in [0.4, 0.5) is 0 Å². The van der Waals surface area contributed by atoms with Crippen molar-refractivity contribution in [3.05, 3.63) is 30.1 Å². The highest BCUT2D eigenvalue weighted by atomic mass is 16.5. The van der Waals surface area contributed by atoms with E-state index >= 15 is 0 Å². The van der Waals surface area contributed by atoms with Gasteiger partial charge in [-0.05, 0) is 32.4 Å². The predicted octanol–water partition coefficient (Wildman–Crippen LogP) is 2.71. The fourth-order valence-corrected chi connectivity index (χ4v) is 1.51. The number of aromatic nitrogens is 2. The summed E-state index contributed by atoms with van der Waals surface area (Å²) in [4.78, 5) is 15.5. The third kappa shape index (κ3) is 2.16. The molecule has 0 saturated carbocycles. The van der Waals surface area contributed by atoms with E-state index in [0.717, 1.165) is 18.4 Å². The van der Waals surface area contributed by atoms with Crippen molar-refractivity contribution in [3.63, 3.8) is 0 Å². The summed E-state index contributed by atoms with van der Waals surface area (Å²) in [5.74, 6) is 0.401. The summed E-state index contributed by atoms with van der Waals surface area (Å²) in [7, 11) is 0. The lowest BCUT2D eigenvalue weighted by Crippen LogP contribution is -2.27. The molecule has 17 heavy (non-hydrogen) atoms. The van der Waals surface area contributed by atoms with Crippen LogP contribution in [0.3, 0.4) is 0 Å². The van der Waals surface area contributed by atoms with Gasteiger partial charge in [0.2, 0.25) is 5.88 Å². The zero-order valence-electron chi connectivity index (χ0n) is 10.3. The molecule has 0 spiro atoms. The zero-order valence-corrected chi connectivity index (χ0v) is 10.3. The van der Waals surface area contributed by atoms with Crippen LogP contribution in [0.2, 0.25) is 0 Å². The molecular weight excluding hydrogens is 216 g/mol. The van der Waals surface area contributed by atoms with Gasteiger partial charge in [0.1, 0.15) is 16.9 Å². The average molecular weight is 232 g/mol. The van der Waals surface area contributed by atoms with Gasteiger partial charge in [0.05, 0.1) is 0 Å². The van der Waals surface area contributed by atoms with Crippen LogP contribution in [-0.2, 0) is 0 Å². The minimum absolute atomic E-state index is 0.324. The van der Waals surface area contributed by atoms with Gasteiger partial charge in [-0.2, -0.15) is 4.98 Å². The molecular formula is C13H16N2O2. The van der Waals surface area contributed by atoms with Gasteiger partial charge in [-0.3, -0.25) is 9.20 Å². The average Bonchev–Trinajstić information content (AvgIpc) is 2.65. The first-order valence-electron chi connectivity index (χ1n) is 5.68. The van der Waals surface area contributed by atoms with E-state index in [9.17, 15) is 4.79 Å². The Labute approximate surface area is 100 Å². The Morgan fingerprint density at radius 1 is 1.47 bits per heavy atom. The van der Waals surface area contributed by atoms with Crippen LogP contribution in [0.15, 0.2) is 24.4 Å². The summed E-state index contributed by atoms with van der Waals surface area (Å²) < 4.78 is 7.53. The van der Waals surface area contributed by atoms with Crippen molar-refractivity contribution in [2.45, 2.75) is 32.8 Å². The molecule has 2 aromatic rings. The summed E-state index contributed by atoms with van der Waals surface area (Å²) >= 11 is 0. The smallest absolute Gasteiger partial charge is 0.244 e. The first-order chi connectivity index (χ1) is 8.07. The van der Waals surface area contributed by atoms with Crippen LogP contribution in [0.5, 0.6) is 5.88 Å². The Kier molecular flexibility index (Phi) is 2.88. The van der Waals surface area contributed by atoms with Crippen molar-refractivity contribution in [3.8, 4) is 5.88 Å². The first-order valence-corrected chi connectivity index (χ1v) is 5.68. The molecule has 90 valence electrons. The minimum atomic E-state index is -0.324. The largest absolute Gasteiger partial charge is 0.470 e. The minimum Gasteiger partial charge on any atom is -0.470 e. The second-order valence-electron chi connectivity index (χ2n) is 4.56. The molecule has 0 N–H and O–H groups in total. The van der Waals surface area contributed by atoms with E-state index in [4.69, 9.17) is 4.74 Å². The molecule has 0 aromatic carbocycles. The summed E-state index contributed by atoms with van der Waals surface area (Å²) in [5, 5.41) is 0. The SMILES string of the molecule is CCC(C)(C)Oc1nc2ccccn2c1C=O. The monoisotopic (exact) mass is 232 g/mol. The molecule has 0 fully saturated rings. The maximum Gasteiger partial charge on any atom is 0.244 e. The molecule has 0 unspecified atom stereocenters. The number of carbonyl (C=O) groups excluding carboxylic acids is 1. The lowest BCUT2D eigenvalue weighted by Gasteiger charge is -2.23. The second-order valence-corrected chi connectivity index (χ2v) is 4.56. The Morgan fingerprint density at radius 3 is 2.88 bits per heavy atom. The van der Waals surface area contributed by atoms with Gasteiger partial charge in [0.15, 0.2) is 6.29 Å². The van der Waals surface area contributed by atoms with E-state index in [2.05, 4.69) is 4.98 Å². The number of aldehydes is 1. The van der Waals surface area contributed by atoms with Crippen LogP contribution in [0.1, 0.15) is 37.7 Å². The lowest BCUT2D eigenvalue weighted by atomic mass is 10.1. The molecule has 0 atom stereocenters. The van der Waals surface area contributed by atoms with Crippen molar-refractivity contribution in [1.82, 2.24) is 9.38 Å². The number of rotatable bonds is 4. The highest BCUT2D eigenvalue weighted by Gasteiger charge is 2.22. The van der Waals surface area contributed by atoms with Crippen LogP contribution in [-0.4, -0.2) is 21.3 Å². The van der Waals surface area contributed by atoms with Crippen LogP contribution >= 0.6 is 0 Å². The highest BCUT2D eigenvalue weighted by molar-refractivity contribution is 5.78. The Balaban J connectivity index is 2.50. The van der Waals surface area contributed by atoms with E-state index in [1.165, 1.54) is 0 Å². The lowest BCUT2D eigenvalue weighted by molar-refractivity contribution is 0.0956. The van der Waals surface area contributed by atoms with Crippen LogP contribution < -0.4 is 4.74 Å². The van der Waals surface area contributed by atoms with E-state index < -0.39 is 0 Å². The summed E-state index contributed by atoms with van der Waals surface area (Å²) in [6, 6.07) is 5.58. The maximum absolute atomic E-state index is 11.1. The molecule has 2 rings (SSSR count). The number of nitrogens with zero attached hydrogens (tertiary/aromatic N) is 2. The highest BCUT2D eigenvalue weighted by Crippen LogP contribution is 2.24. The van der Waals surface area contributed by atoms with E-state index in [-0.39, 0.29) is 5.60 Å². The van der Waals surface area contributed by atoms with Crippen molar-refractivity contribution < 1.29 is 9.53 Å². The quantitative estimate of drug-likeness (QED) is 0.761. The number of hydrogen-bond acceptors (Lipinski definition) is 3. The number of pyridine rings is 1. The molecule has 0 saturated heterocycles. The van der Waals surface area contributed by atoms with Gasteiger partial charge < -0.3 is 4.74 Å². The molecule has 0 amide bonds.